The van der Waals surface area contributed by atoms with E-state index in [-0.39, 0.29) is 36.0 Å². The highest BCUT2D eigenvalue weighted by atomic mass is 79.9. The van der Waals surface area contributed by atoms with E-state index in [2.05, 4.69) is 15.9 Å². The minimum Gasteiger partial charge on any atom is -0.486 e. The van der Waals surface area contributed by atoms with Gasteiger partial charge in [-0.2, -0.15) is 8.61 Å². The molecular formula is C18H19BrN2O6S2. The van der Waals surface area contributed by atoms with Gasteiger partial charge >= 0.3 is 0 Å². The fraction of sp³-hybridized carbons (Fsp3) is 0.333. The second-order valence-electron chi connectivity index (χ2n) is 6.57. The van der Waals surface area contributed by atoms with Crippen LogP contribution >= 0.6 is 15.9 Å². The Morgan fingerprint density at radius 1 is 0.690 bits per heavy atom. The average molecular weight is 503 g/mol. The summed E-state index contributed by atoms with van der Waals surface area (Å²) < 4.78 is 65.9. The smallest absolute Gasteiger partial charge is 0.243 e. The third-order valence-corrected chi connectivity index (χ3v) is 9.14. The van der Waals surface area contributed by atoms with Crippen LogP contribution in [0.1, 0.15) is 0 Å². The zero-order valence-corrected chi connectivity index (χ0v) is 18.5. The first-order chi connectivity index (χ1) is 13.8. The van der Waals surface area contributed by atoms with Gasteiger partial charge < -0.3 is 9.47 Å². The van der Waals surface area contributed by atoms with Crippen LogP contribution in [0.2, 0.25) is 0 Å². The van der Waals surface area contributed by atoms with Crippen LogP contribution in [0.3, 0.4) is 0 Å². The molecule has 2 heterocycles. The molecule has 2 aromatic rings. The molecule has 0 aromatic heterocycles. The summed E-state index contributed by atoms with van der Waals surface area (Å²) in [6.45, 7) is 1.11. The zero-order valence-electron chi connectivity index (χ0n) is 15.3. The van der Waals surface area contributed by atoms with Gasteiger partial charge in [0.25, 0.3) is 0 Å². The average Bonchev–Trinajstić information content (AvgIpc) is 2.74. The van der Waals surface area contributed by atoms with Crippen molar-refractivity contribution in [3.05, 3.63) is 46.9 Å². The zero-order chi connectivity index (χ0) is 20.6. The summed E-state index contributed by atoms with van der Waals surface area (Å²) in [6.07, 6.45) is 0. The van der Waals surface area contributed by atoms with Gasteiger partial charge in [0.05, 0.1) is 9.79 Å². The number of hydrogen-bond donors (Lipinski definition) is 0. The first-order valence-electron chi connectivity index (χ1n) is 8.94. The lowest BCUT2D eigenvalue weighted by atomic mass is 10.3. The molecule has 0 radical (unpaired) electrons. The molecule has 4 rings (SSSR count). The van der Waals surface area contributed by atoms with Gasteiger partial charge in [-0.25, -0.2) is 16.8 Å². The molecular weight excluding hydrogens is 484 g/mol. The molecule has 2 aliphatic heterocycles. The van der Waals surface area contributed by atoms with E-state index in [1.54, 1.807) is 18.2 Å². The molecule has 2 aliphatic rings. The van der Waals surface area contributed by atoms with Crippen LogP contribution in [-0.4, -0.2) is 64.8 Å². The van der Waals surface area contributed by atoms with Gasteiger partial charge in [0, 0.05) is 36.7 Å². The van der Waals surface area contributed by atoms with E-state index in [0.29, 0.717) is 24.7 Å². The lowest BCUT2D eigenvalue weighted by Crippen LogP contribution is -2.50. The Morgan fingerprint density at radius 2 is 1.17 bits per heavy atom. The molecule has 0 bridgehead atoms. The molecule has 1 saturated heterocycles. The van der Waals surface area contributed by atoms with Gasteiger partial charge in [-0.15, -0.1) is 0 Å². The maximum Gasteiger partial charge on any atom is 0.243 e. The molecule has 8 nitrogen and oxygen atoms in total. The SMILES string of the molecule is O=S(=O)(c1ccc(Br)cc1)N1CCN(S(=O)(=O)c2ccc3c(c2)OCCO3)CC1. The van der Waals surface area contributed by atoms with E-state index in [1.807, 2.05) is 0 Å². The molecule has 0 amide bonds. The maximum absolute atomic E-state index is 13.0. The largest absolute Gasteiger partial charge is 0.486 e. The lowest BCUT2D eigenvalue weighted by Gasteiger charge is -2.33. The van der Waals surface area contributed by atoms with Crippen LogP contribution < -0.4 is 9.47 Å². The lowest BCUT2D eigenvalue weighted by molar-refractivity contribution is 0.171. The Morgan fingerprint density at radius 3 is 1.76 bits per heavy atom. The summed E-state index contributed by atoms with van der Waals surface area (Å²) in [7, 11) is -7.43. The van der Waals surface area contributed by atoms with Gasteiger partial charge in [0.2, 0.25) is 20.0 Å². The van der Waals surface area contributed by atoms with Gasteiger partial charge in [-0.1, -0.05) is 15.9 Å². The first-order valence-corrected chi connectivity index (χ1v) is 12.6. The fourth-order valence-electron chi connectivity index (χ4n) is 3.24. The van der Waals surface area contributed by atoms with Gasteiger partial charge in [-0.3, -0.25) is 0 Å². The maximum atomic E-state index is 13.0. The van der Waals surface area contributed by atoms with Crippen LogP contribution in [-0.2, 0) is 20.0 Å². The standard InChI is InChI=1S/C18H19BrN2O6S2/c19-14-1-3-15(4-2-14)28(22,23)20-7-9-21(10-8-20)29(24,25)16-5-6-17-18(13-16)27-12-11-26-17/h1-6,13H,7-12H2. The van der Waals surface area contributed by atoms with Crippen molar-refractivity contribution in [2.24, 2.45) is 0 Å². The Kier molecular flexibility index (Phi) is 5.60. The van der Waals surface area contributed by atoms with E-state index in [0.717, 1.165) is 4.47 Å². The van der Waals surface area contributed by atoms with Crippen molar-refractivity contribution in [2.75, 3.05) is 39.4 Å². The minimum atomic E-state index is -3.76. The van der Waals surface area contributed by atoms with Gasteiger partial charge in [0.15, 0.2) is 11.5 Å². The Hall–Kier alpha value is -1.66. The van der Waals surface area contributed by atoms with Crippen LogP contribution in [0.15, 0.2) is 56.7 Å². The molecule has 11 heteroatoms. The summed E-state index contributed by atoms with van der Waals surface area (Å²) in [6, 6.07) is 10.9. The molecule has 0 N–H and O–H groups in total. The van der Waals surface area contributed by atoms with E-state index in [4.69, 9.17) is 9.47 Å². The number of halogens is 1. The second-order valence-corrected chi connectivity index (χ2v) is 11.4. The Balaban J connectivity index is 1.49. The first kappa shape index (κ1) is 20.6. The summed E-state index contributed by atoms with van der Waals surface area (Å²) in [4.78, 5) is 0.287. The number of rotatable bonds is 4. The molecule has 0 spiro atoms. The number of ether oxygens (including phenoxy) is 2. The number of piperazine rings is 1. The molecule has 0 atom stereocenters. The van der Waals surface area contributed by atoms with Crippen molar-refractivity contribution in [1.29, 1.82) is 0 Å². The molecule has 29 heavy (non-hydrogen) atoms. The van der Waals surface area contributed by atoms with Crippen molar-refractivity contribution in [2.45, 2.75) is 9.79 Å². The highest BCUT2D eigenvalue weighted by Crippen LogP contribution is 2.33. The van der Waals surface area contributed by atoms with Gasteiger partial charge in [0.1, 0.15) is 13.2 Å². The predicted octanol–water partition coefficient (Wildman–Crippen LogP) is 1.92. The van der Waals surface area contributed by atoms with E-state index in [1.165, 1.54) is 32.9 Å². The number of sulfonamides is 2. The van der Waals surface area contributed by atoms with Crippen LogP contribution in [0, 0.1) is 0 Å². The molecule has 2 aromatic carbocycles. The Bertz CT molecular complexity index is 1110. The van der Waals surface area contributed by atoms with Crippen molar-refractivity contribution >= 4 is 36.0 Å². The van der Waals surface area contributed by atoms with Crippen molar-refractivity contribution in [3.63, 3.8) is 0 Å². The monoisotopic (exact) mass is 502 g/mol. The van der Waals surface area contributed by atoms with Crippen molar-refractivity contribution in [3.8, 4) is 11.5 Å². The van der Waals surface area contributed by atoms with Crippen LogP contribution in [0.25, 0.3) is 0 Å². The van der Waals surface area contributed by atoms with Gasteiger partial charge in [-0.05, 0) is 36.4 Å². The topological polar surface area (TPSA) is 93.2 Å². The van der Waals surface area contributed by atoms with Crippen LogP contribution in [0.5, 0.6) is 11.5 Å². The number of nitrogens with zero attached hydrogens (tertiary/aromatic N) is 2. The summed E-state index contributed by atoms with van der Waals surface area (Å²) >= 11 is 3.28. The Labute approximate surface area is 178 Å². The predicted molar refractivity (Wildman–Crippen MR) is 109 cm³/mol. The number of hydrogen-bond acceptors (Lipinski definition) is 6. The van der Waals surface area contributed by atoms with Crippen molar-refractivity contribution < 1.29 is 26.3 Å². The minimum absolute atomic E-state index is 0.0759. The fourth-order valence-corrected chi connectivity index (χ4v) is 6.36. The van der Waals surface area contributed by atoms with E-state index >= 15 is 0 Å². The summed E-state index contributed by atoms with van der Waals surface area (Å²) in [5.41, 5.74) is 0. The molecule has 0 unspecified atom stereocenters. The quantitative estimate of drug-likeness (QED) is 0.633. The molecule has 0 aliphatic carbocycles. The normalized spacial score (nSPS) is 18.5. The third-order valence-electron chi connectivity index (χ3n) is 4.80. The van der Waals surface area contributed by atoms with E-state index < -0.39 is 20.0 Å². The van der Waals surface area contributed by atoms with E-state index in [9.17, 15) is 16.8 Å². The summed E-state index contributed by atoms with van der Waals surface area (Å²) in [5.74, 6) is 0.911. The molecule has 1 fully saturated rings. The second kappa shape index (κ2) is 7.88. The summed E-state index contributed by atoms with van der Waals surface area (Å²) in [5, 5.41) is 0. The number of benzene rings is 2. The third kappa shape index (κ3) is 4.02. The highest BCUT2D eigenvalue weighted by Gasteiger charge is 2.34. The highest BCUT2D eigenvalue weighted by molar-refractivity contribution is 9.10. The molecule has 0 saturated carbocycles. The van der Waals surface area contributed by atoms with Crippen LogP contribution in [0.4, 0.5) is 0 Å². The van der Waals surface area contributed by atoms with Crippen molar-refractivity contribution in [1.82, 2.24) is 8.61 Å². The molecule has 156 valence electrons. The number of fused-ring (bicyclic) bond motifs is 1.